The van der Waals surface area contributed by atoms with Crippen molar-refractivity contribution in [1.29, 1.82) is 0 Å². The van der Waals surface area contributed by atoms with E-state index in [1.165, 1.54) is 12.1 Å². The van der Waals surface area contributed by atoms with E-state index in [0.717, 1.165) is 0 Å². The molecule has 0 fully saturated rings. The summed E-state index contributed by atoms with van der Waals surface area (Å²) in [6.45, 7) is 1.98. The van der Waals surface area contributed by atoms with E-state index in [2.05, 4.69) is 5.32 Å². The van der Waals surface area contributed by atoms with Gasteiger partial charge in [0.25, 0.3) is 0 Å². The molecule has 2 rings (SSSR count). The van der Waals surface area contributed by atoms with Crippen molar-refractivity contribution in [2.45, 2.75) is 13.5 Å². The molecule has 0 bridgehead atoms. The van der Waals surface area contributed by atoms with Crippen LogP contribution < -0.4 is 5.32 Å². The Morgan fingerprint density at radius 2 is 1.94 bits per heavy atom. The summed E-state index contributed by atoms with van der Waals surface area (Å²) in [5, 5.41) is 21.7. The Labute approximate surface area is 105 Å². The molecule has 0 radical (unpaired) electrons. The van der Waals surface area contributed by atoms with Gasteiger partial charge in [-0.1, -0.05) is 12.1 Å². The number of aromatic hydroxyl groups is 2. The summed E-state index contributed by atoms with van der Waals surface area (Å²) in [5.41, 5.74) is 1.55. The molecule has 2 aromatic carbocycles. The van der Waals surface area contributed by atoms with Crippen LogP contribution in [0.2, 0.25) is 0 Å². The minimum absolute atomic E-state index is 0.00186. The normalized spacial score (nSPS) is 10.3. The lowest BCUT2D eigenvalue weighted by molar-refractivity contribution is 0.446. The van der Waals surface area contributed by atoms with Crippen molar-refractivity contribution in [1.82, 2.24) is 0 Å². The first-order chi connectivity index (χ1) is 8.58. The zero-order valence-electron chi connectivity index (χ0n) is 9.94. The summed E-state index contributed by atoms with van der Waals surface area (Å²) < 4.78 is 13.7. The smallest absolute Gasteiger partial charge is 0.149 e. The summed E-state index contributed by atoms with van der Waals surface area (Å²) in [7, 11) is 0. The highest BCUT2D eigenvalue weighted by molar-refractivity contribution is 5.49. The van der Waals surface area contributed by atoms with E-state index in [-0.39, 0.29) is 23.9 Å². The van der Waals surface area contributed by atoms with Crippen LogP contribution >= 0.6 is 0 Å². The standard InChI is InChI=1S/C14H14FNO2/c1-9-3-2-4-12(14(9)15)16-8-10-5-6-11(17)7-13(10)18/h2-7,16-18H,8H2,1H3. The van der Waals surface area contributed by atoms with Gasteiger partial charge in [-0.3, -0.25) is 0 Å². The molecule has 2 aromatic rings. The Hall–Kier alpha value is -2.23. The summed E-state index contributed by atoms with van der Waals surface area (Å²) in [4.78, 5) is 0. The fourth-order valence-electron chi connectivity index (χ4n) is 1.68. The van der Waals surface area contributed by atoms with Gasteiger partial charge in [0.05, 0.1) is 5.69 Å². The maximum absolute atomic E-state index is 13.7. The zero-order chi connectivity index (χ0) is 13.1. The fraction of sp³-hybridized carbons (Fsp3) is 0.143. The average molecular weight is 247 g/mol. The van der Waals surface area contributed by atoms with Gasteiger partial charge in [0, 0.05) is 18.2 Å². The van der Waals surface area contributed by atoms with Gasteiger partial charge in [0.1, 0.15) is 17.3 Å². The molecule has 0 spiro atoms. The SMILES string of the molecule is Cc1cccc(NCc2ccc(O)cc2O)c1F. The summed E-state index contributed by atoms with van der Waals surface area (Å²) in [6.07, 6.45) is 0. The molecule has 4 heteroatoms. The molecule has 3 nitrogen and oxygen atoms in total. The number of phenolic OH excluding ortho intramolecular Hbond substituents is 2. The van der Waals surface area contributed by atoms with Crippen molar-refractivity contribution in [3.63, 3.8) is 0 Å². The lowest BCUT2D eigenvalue weighted by atomic mass is 10.1. The quantitative estimate of drug-likeness (QED) is 0.781. The molecule has 0 saturated heterocycles. The maximum Gasteiger partial charge on any atom is 0.149 e. The van der Waals surface area contributed by atoms with Crippen molar-refractivity contribution >= 4 is 5.69 Å². The van der Waals surface area contributed by atoms with Gasteiger partial charge in [-0.15, -0.1) is 0 Å². The molecule has 0 saturated carbocycles. The number of anilines is 1. The van der Waals surface area contributed by atoms with E-state index in [9.17, 15) is 9.50 Å². The predicted octanol–water partition coefficient (Wildman–Crippen LogP) is 3.16. The number of halogens is 1. The van der Waals surface area contributed by atoms with Gasteiger partial charge < -0.3 is 15.5 Å². The van der Waals surface area contributed by atoms with E-state index in [0.29, 0.717) is 16.8 Å². The first-order valence-corrected chi connectivity index (χ1v) is 5.58. The van der Waals surface area contributed by atoms with Crippen LogP contribution in [0.5, 0.6) is 11.5 Å². The third kappa shape index (κ3) is 2.53. The number of phenols is 2. The molecule has 0 aliphatic rings. The van der Waals surface area contributed by atoms with E-state index >= 15 is 0 Å². The molecule has 94 valence electrons. The molecule has 3 N–H and O–H groups in total. The fourth-order valence-corrected chi connectivity index (χ4v) is 1.68. The highest BCUT2D eigenvalue weighted by atomic mass is 19.1. The maximum atomic E-state index is 13.7. The average Bonchev–Trinajstić information content (AvgIpc) is 2.33. The predicted molar refractivity (Wildman–Crippen MR) is 68.2 cm³/mol. The molecule has 18 heavy (non-hydrogen) atoms. The number of hydrogen-bond donors (Lipinski definition) is 3. The second kappa shape index (κ2) is 4.96. The largest absolute Gasteiger partial charge is 0.508 e. The molecular weight excluding hydrogens is 233 g/mol. The number of rotatable bonds is 3. The first kappa shape index (κ1) is 12.2. The van der Waals surface area contributed by atoms with E-state index in [1.54, 1.807) is 31.2 Å². The lowest BCUT2D eigenvalue weighted by Gasteiger charge is -2.10. The van der Waals surface area contributed by atoms with E-state index < -0.39 is 0 Å². The third-order valence-corrected chi connectivity index (χ3v) is 2.73. The van der Waals surface area contributed by atoms with Crippen LogP contribution in [0.25, 0.3) is 0 Å². The second-order valence-corrected chi connectivity index (χ2v) is 4.10. The number of nitrogens with one attached hydrogen (secondary N) is 1. The lowest BCUT2D eigenvalue weighted by Crippen LogP contribution is -2.02. The Morgan fingerprint density at radius 1 is 1.17 bits per heavy atom. The minimum atomic E-state index is -0.296. The van der Waals surface area contributed by atoms with Crippen LogP contribution in [0.15, 0.2) is 36.4 Å². The number of benzene rings is 2. The molecule has 0 aliphatic carbocycles. The summed E-state index contributed by atoms with van der Waals surface area (Å²) >= 11 is 0. The number of hydrogen-bond acceptors (Lipinski definition) is 3. The summed E-state index contributed by atoms with van der Waals surface area (Å²) in [6, 6.07) is 9.41. The van der Waals surface area contributed by atoms with Crippen LogP contribution in [-0.2, 0) is 6.54 Å². The second-order valence-electron chi connectivity index (χ2n) is 4.10. The van der Waals surface area contributed by atoms with Crippen molar-refractivity contribution < 1.29 is 14.6 Å². The first-order valence-electron chi connectivity index (χ1n) is 5.58. The Balaban J connectivity index is 2.14. The highest BCUT2D eigenvalue weighted by Gasteiger charge is 2.06. The molecule has 0 atom stereocenters. The van der Waals surface area contributed by atoms with Crippen molar-refractivity contribution in [2.75, 3.05) is 5.32 Å². The molecule has 0 aliphatic heterocycles. The number of aryl methyl sites for hydroxylation is 1. The molecule has 0 heterocycles. The Bertz CT molecular complexity index is 570. The van der Waals surface area contributed by atoms with Gasteiger partial charge in [0.2, 0.25) is 0 Å². The van der Waals surface area contributed by atoms with Crippen LogP contribution in [0.1, 0.15) is 11.1 Å². The van der Waals surface area contributed by atoms with Crippen LogP contribution in [-0.4, -0.2) is 10.2 Å². The Kier molecular flexibility index (Phi) is 3.37. The van der Waals surface area contributed by atoms with Crippen LogP contribution in [0.3, 0.4) is 0 Å². The van der Waals surface area contributed by atoms with E-state index in [4.69, 9.17) is 5.11 Å². The van der Waals surface area contributed by atoms with Gasteiger partial charge in [-0.25, -0.2) is 4.39 Å². The van der Waals surface area contributed by atoms with Gasteiger partial charge in [-0.05, 0) is 30.7 Å². The highest BCUT2D eigenvalue weighted by Crippen LogP contribution is 2.24. The van der Waals surface area contributed by atoms with Gasteiger partial charge >= 0.3 is 0 Å². The topological polar surface area (TPSA) is 52.5 Å². The minimum Gasteiger partial charge on any atom is -0.508 e. The Morgan fingerprint density at radius 3 is 2.67 bits per heavy atom. The molecule has 0 amide bonds. The van der Waals surface area contributed by atoms with Gasteiger partial charge in [0.15, 0.2) is 0 Å². The van der Waals surface area contributed by atoms with E-state index in [1.807, 2.05) is 0 Å². The third-order valence-electron chi connectivity index (χ3n) is 2.73. The van der Waals surface area contributed by atoms with Crippen LogP contribution in [0.4, 0.5) is 10.1 Å². The van der Waals surface area contributed by atoms with Crippen LogP contribution in [0, 0.1) is 12.7 Å². The molecular formula is C14H14FNO2. The van der Waals surface area contributed by atoms with Crippen molar-refractivity contribution in [3.8, 4) is 11.5 Å². The molecule has 0 unspecified atom stereocenters. The van der Waals surface area contributed by atoms with Gasteiger partial charge in [-0.2, -0.15) is 0 Å². The summed E-state index contributed by atoms with van der Waals surface area (Å²) in [5.74, 6) is -0.315. The molecule has 0 aromatic heterocycles. The zero-order valence-corrected chi connectivity index (χ0v) is 9.94. The van der Waals surface area contributed by atoms with Crippen molar-refractivity contribution in [3.05, 3.63) is 53.3 Å². The van der Waals surface area contributed by atoms with Crippen molar-refractivity contribution in [2.24, 2.45) is 0 Å². The monoisotopic (exact) mass is 247 g/mol.